The van der Waals surface area contributed by atoms with E-state index < -0.39 is 36.8 Å². The lowest BCUT2D eigenvalue weighted by atomic mass is 10.2. The zero-order valence-corrected chi connectivity index (χ0v) is 15.4. The molecule has 0 heterocycles. The van der Waals surface area contributed by atoms with Crippen LogP contribution in [0.5, 0.6) is 5.75 Å². The number of esters is 1. The van der Waals surface area contributed by atoms with Crippen molar-refractivity contribution >= 4 is 17.8 Å². The lowest BCUT2D eigenvalue weighted by molar-refractivity contribution is -0.147. The summed E-state index contributed by atoms with van der Waals surface area (Å²) in [5.74, 6) is -1.88. The second-order valence-corrected chi connectivity index (χ2v) is 5.64. The maximum atomic E-state index is 13.5. The molecule has 0 aromatic heterocycles. The fraction of sp³-hybridized carbons (Fsp3) is 0.250. The normalized spacial score (nSPS) is 10.1. The molecule has 2 N–H and O–H groups in total. The maximum Gasteiger partial charge on any atom is 0.325 e. The van der Waals surface area contributed by atoms with Gasteiger partial charge in [0.1, 0.15) is 18.1 Å². The molecule has 0 radical (unpaired) electrons. The molecule has 7 nitrogen and oxygen atoms in total. The second kappa shape index (κ2) is 10.7. The molecule has 0 saturated carbocycles. The lowest BCUT2D eigenvalue weighted by Crippen LogP contribution is -2.34. The second-order valence-electron chi connectivity index (χ2n) is 5.64. The van der Waals surface area contributed by atoms with E-state index in [9.17, 15) is 18.8 Å². The molecule has 0 saturated heterocycles. The van der Waals surface area contributed by atoms with Crippen molar-refractivity contribution in [2.75, 3.05) is 19.8 Å². The molecular weight excluding hydrogens is 367 g/mol. The van der Waals surface area contributed by atoms with E-state index in [4.69, 9.17) is 9.47 Å². The molecule has 0 aliphatic carbocycles. The Balaban J connectivity index is 1.73. The van der Waals surface area contributed by atoms with Crippen LogP contribution in [0.4, 0.5) is 4.39 Å². The summed E-state index contributed by atoms with van der Waals surface area (Å²) in [7, 11) is 0. The number of carbonyl (C=O) groups is 3. The van der Waals surface area contributed by atoms with Gasteiger partial charge in [0.05, 0.1) is 12.2 Å². The SMILES string of the molecule is CCOc1ccccc1C(=O)NCC(=O)OCC(=O)NCc1ccccc1F. The zero-order chi connectivity index (χ0) is 20.4. The Bertz CT molecular complexity index is 841. The number of benzene rings is 2. The Hall–Kier alpha value is -3.42. The van der Waals surface area contributed by atoms with Crippen LogP contribution in [-0.4, -0.2) is 37.5 Å². The summed E-state index contributed by atoms with van der Waals surface area (Å²) in [6.07, 6.45) is 0. The maximum absolute atomic E-state index is 13.5. The largest absolute Gasteiger partial charge is 0.493 e. The monoisotopic (exact) mass is 388 g/mol. The van der Waals surface area contributed by atoms with E-state index in [-0.39, 0.29) is 6.54 Å². The zero-order valence-electron chi connectivity index (χ0n) is 15.4. The molecule has 0 aliphatic rings. The van der Waals surface area contributed by atoms with Gasteiger partial charge in [0.2, 0.25) is 0 Å². The summed E-state index contributed by atoms with van der Waals surface area (Å²) < 4.78 is 23.6. The van der Waals surface area contributed by atoms with Crippen LogP contribution >= 0.6 is 0 Å². The third-order valence-electron chi connectivity index (χ3n) is 3.62. The molecule has 8 heteroatoms. The van der Waals surface area contributed by atoms with Gasteiger partial charge >= 0.3 is 5.97 Å². The highest BCUT2D eigenvalue weighted by atomic mass is 19.1. The molecule has 0 fully saturated rings. The van der Waals surface area contributed by atoms with Crippen LogP contribution in [-0.2, 0) is 20.9 Å². The third-order valence-corrected chi connectivity index (χ3v) is 3.62. The van der Waals surface area contributed by atoms with Crippen molar-refractivity contribution in [1.82, 2.24) is 10.6 Å². The molecule has 0 spiro atoms. The number of nitrogens with one attached hydrogen (secondary N) is 2. The minimum atomic E-state index is -0.775. The number of carbonyl (C=O) groups excluding carboxylic acids is 3. The first-order valence-electron chi connectivity index (χ1n) is 8.67. The average molecular weight is 388 g/mol. The smallest absolute Gasteiger partial charge is 0.325 e. The van der Waals surface area contributed by atoms with Gasteiger partial charge in [-0.2, -0.15) is 0 Å². The van der Waals surface area contributed by atoms with Gasteiger partial charge in [-0.1, -0.05) is 30.3 Å². The molecule has 2 aromatic rings. The van der Waals surface area contributed by atoms with Gasteiger partial charge in [0.25, 0.3) is 11.8 Å². The van der Waals surface area contributed by atoms with E-state index in [2.05, 4.69) is 10.6 Å². The number of halogens is 1. The first-order valence-corrected chi connectivity index (χ1v) is 8.67. The fourth-order valence-electron chi connectivity index (χ4n) is 2.27. The van der Waals surface area contributed by atoms with Crippen LogP contribution in [0.1, 0.15) is 22.8 Å². The molecule has 2 rings (SSSR count). The quantitative estimate of drug-likeness (QED) is 0.639. The van der Waals surface area contributed by atoms with Crippen molar-refractivity contribution in [1.29, 1.82) is 0 Å². The lowest BCUT2D eigenvalue weighted by Gasteiger charge is -2.10. The van der Waals surface area contributed by atoms with E-state index in [1.165, 1.54) is 12.1 Å². The van der Waals surface area contributed by atoms with E-state index in [0.29, 0.717) is 23.5 Å². The van der Waals surface area contributed by atoms with Gasteiger partial charge in [0, 0.05) is 12.1 Å². The van der Waals surface area contributed by atoms with Crippen molar-refractivity contribution in [3.8, 4) is 5.75 Å². The molecule has 148 valence electrons. The number of hydrogen-bond acceptors (Lipinski definition) is 5. The first-order chi connectivity index (χ1) is 13.5. The Morgan fingerprint density at radius 2 is 1.71 bits per heavy atom. The highest BCUT2D eigenvalue weighted by molar-refractivity contribution is 5.98. The van der Waals surface area contributed by atoms with Crippen LogP contribution in [0.2, 0.25) is 0 Å². The summed E-state index contributed by atoms with van der Waals surface area (Å²) in [5, 5.41) is 4.86. The van der Waals surface area contributed by atoms with Gasteiger partial charge in [-0.05, 0) is 25.1 Å². The topological polar surface area (TPSA) is 93.7 Å². The van der Waals surface area contributed by atoms with Crippen molar-refractivity contribution in [3.63, 3.8) is 0 Å². The number of ether oxygens (including phenoxy) is 2. The van der Waals surface area contributed by atoms with Gasteiger partial charge in [-0.3, -0.25) is 14.4 Å². The molecular formula is C20H21FN2O5. The average Bonchev–Trinajstić information content (AvgIpc) is 2.70. The van der Waals surface area contributed by atoms with Gasteiger partial charge in [-0.25, -0.2) is 4.39 Å². The predicted molar refractivity (Wildman–Crippen MR) is 99.1 cm³/mol. The van der Waals surface area contributed by atoms with Crippen molar-refractivity contribution < 1.29 is 28.2 Å². The van der Waals surface area contributed by atoms with Crippen LogP contribution < -0.4 is 15.4 Å². The number of amides is 2. The highest BCUT2D eigenvalue weighted by Crippen LogP contribution is 2.17. The Labute approximate surface area is 161 Å². The molecule has 0 aliphatic heterocycles. The minimum absolute atomic E-state index is 0.0198. The molecule has 2 amide bonds. The molecule has 28 heavy (non-hydrogen) atoms. The molecule has 0 atom stereocenters. The van der Waals surface area contributed by atoms with Gasteiger partial charge in [0.15, 0.2) is 6.61 Å². The standard InChI is InChI=1S/C20H21FN2O5/c1-2-27-17-10-6-4-8-15(17)20(26)23-12-19(25)28-13-18(24)22-11-14-7-3-5-9-16(14)21/h3-10H,2,11-13H2,1H3,(H,22,24)(H,23,26). The Morgan fingerprint density at radius 1 is 1.00 bits per heavy atom. The van der Waals surface area contributed by atoms with E-state index in [1.54, 1.807) is 43.3 Å². The molecule has 2 aromatic carbocycles. The van der Waals surface area contributed by atoms with Crippen molar-refractivity contribution in [2.24, 2.45) is 0 Å². The summed E-state index contributed by atoms with van der Waals surface area (Å²) in [6.45, 7) is 1.24. The summed E-state index contributed by atoms with van der Waals surface area (Å²) in [6, 6.07) is 12.6. The number of hydrogen-bond donors (Lipinski definition) is 2. The van der Waals surface area contributed by atoms with Crippen LogP contribution in [0, 0.1) is 5.82 Å². The van der Waals surface area contributed by atoms with Crippen LogP contribution in [0.25, 0.3) is 0 Å². The van der Waals surface area contributed by atoms with E-state index in [1.807, 2.05) is 0 Å². The third kappa shape index (κ3) is 6.39. The van der Waals surface area contributed by atoms with Crippen LogP contribution in [0.3, 0.4) is 0 Å². The number of rotatable bonds is 9. The summed E-state index contributed by atoms with van der Waals surface area (Å²) >= 11 is 0. The van der Waals surface area contributed by atoms with Crippen molar-refractivity contribution in [3.05, 3.63) is 65.5 Å². The minimum Gasteiger partial charge on any atom is -0.493 e. The molecule has 0 unspecified atom stereocenters. The van der Waals surface area contributed by atoms with Crippen molar-refractivity contribution in [2.45, 2.75) is 13.5 Å². The fourth-order valence-corrected chi connectivity index (χ4v) is 2.27. The van der Waals surface area contributed by atoms with E-state index >= 15 is 0 Å². The van der Waals surface area contributed by atoms with Crippen LogP contribution in [0.15, 0.2) is 48.5 Å². The predicted octanol–water partition coefficient (Wildman–Crippen LogP) is 1.81. The van der Waals surface area contributed by atoms with E-state index in [0.717, 1.165) is 0 Å². The first kappa shape index (κ1) is 20.9. The molecule has 0 bridgehead atoms. The summed E-state index contributed by atoms with van der Waals surface area (Å²) in [4.78, 5) is 35.6. The summed E-state index contributed by atoms with van der Waals surface area (Å²) in [5.41, 5.74) is 0.613. The Kier molecular flexibility index (Phi) is 7.95. The van der Waals surface area contributed by atoms with Gasteiger partial charge < -0.3 is 20.1 Å². The van der Waals surface area contributed by atoms with Gasteiger partial charge in [-0.15, -0.1) is 0 Å². The number of para-hydroxylation sites is 1. The Morgan fingerprint density at radius 3 is 2.46 bits per heavy atom. The highest BCUT2D eigenvalue weighted by Gasteiger charge is 2.14.